The number of nitrogens with zero attached hydrogens (tertiary/aromatic N) is 1. The normalized spacial score (nSPS) is 13.5. The topological polar surface area (TPSA) is 35.8 Å². The van der Waals surface area contributed by atoms with E-state index in [0.29, 0.717) is 0 Å². The Morgan fingerprint density at radius 2 is 1.58 bits per heavy atom. The molecule has 0 saturated carbocycles. The Labute approximate surface area is 114 Å². The van der Waals surface area contributed by atoms with Gasteiger partial charge in [-0.05, 0) is 18.1 Å². The summed E-state index contributed by atoms with van der Waals surface area (Å²) in [6.45, 7) is 2.09. The van der Waals surface area contributed by atoms with Gasteiger partial charge in [-0.2, -0.15) is 5.26 Å². The van der Waals surface area contributed by atoms with Crippen molar-refractivity contribution in [3.8, 4) is 6.07 Å². The lowest BCUT2D eigenvalue weighted by Crippen LogP contribution is -2.32. The van der Waals surface area contributed by atoms with Crippen LogP contribution in [-0.2, 0) is 6.42 Å². The molecule has 0 aromatic heterocycles. The number of hydrogen-bond donors (Lipinski definition) is 1. The van der Waals surface area contributed by atoms with Crippen LogP contribution in [0.25, 0.3) is 0 Å². The fourth-order valence-corrected chi connectivity index (χ4v) is 2.13. The Morgan fingerprint density at radius 3 is 2.16 bits per heavy atom. The molecule has 1 N–H and O–H groups in total. The molecule has 2 unspecified atom stereocenters. The van der Waals surface area contributed by atoms with Crippen molar-refractivity contribution in [2.24, 2.45) is 0 Å². The van der Waals surface area contributed by atoms with Crippen LogP contribution >= 0.6 is 0 Å². The van der Waals surface area contributed by atoms with E-state index in [9.17, 15) is 5.26 Å². The molecule has 2 aromatic rings. The smallest absolute Gasteiger partial charge is 0.0998 e. The lowest BCUT2D eigenvalue weighted by molar-refractivity contribution is 0.516. The van der Waals surface area contributed by atoms with Gasteiger partial charge in [-0.25, -0.2) is 0 Å². The molecule has 2 rings (SSSR count). The first kappa shape index (κ1) is 13.3. The molecule has 0 bridgehead atoms. The van der Waals surface area contributed by atoms with Crippen LogP contribution in [-0.4, -0.2) is 6.04 Å². The predicted molar refractivity (Wildman–Crippen MR) is 77.5 cm³/mol. The Morgan fingerprint density at radius 1 is 1.00 bits per heavy atom. The first-order chi connectivity index (χ1) is 9.29. The second kappa shape index (κ2) is 6.72. The summed E-state index contributed by atoms with van der Waals surface area (Å²) < 4.78 is 0. The Kier molecular flexibility index (Phi) is 4.72. The van der Waals surface area contributed by atoms with Crippen LogP contribution in [0.3, 0.4) is 0 Å². The van der Waals surface area contributed by atoms with Gasteiger partial charge in [0.1, 0.15) is 0 Å². The van der Waals surface area contributed by atoms with Crippen LogP contribution in [0.2, 0.25) is 0 Å². The summed E-state index contributed by atoms with van der Waals surface area (Å²) in [7, 11) is 0. The third-order valence-electron chi connectivity index (χ3n) is 3.19. The number of benzene rings is 2. The summed E-state index contributed by atoms with van der Waals surface area (Å²) in [6.07, 6.45) is 0.731. The lowest BCUT2D eigenvalue weighted by Gasteiger charge is -2.18. The molecule has 19 heavy (non-hydrogen) atoms. The minimum atomic E-state index is -0.169. The average Bonchev–Trinajstić information content (AvgIpc) is 2.48. The van der Waals surface area contributed by atoms with Gasteiger partial charge in [0.2, 0.25) is 0 Å². The molecule has 0 saturated heterocycles. The minimum absolute atomic E-state index is 0.169. The van der Waals surface area contributed by atoms with E-state index in [1.54, 1.807) is 0 Å². The van der Waals surface area contributed by atoms with E-state index in [0.717, 1.165) is 6.42 Å². The molecule has 2 atom stereocenters. The Hall–Kier alpha value is -2.11. The molecule has 0 fully saturated rings. The average molecular weight is 250 g/mol. The van der Waals surface area contributed by atoms with Crippen molar-refractivity contribution in [1.29, 1.82) is 5.26 Å². The monoisotopic (exact) mass is 250 g/mol. The predicted octanol–water partition coefficient (Wildman–Crippen LogP) is 3.47. The standard InChI is InChI=1S/C17H18N2/c1-14(16-10-6-3-7-11-16)19-17(13-18)12-15-8-4-2-5-9-15/h2-11,14,17,19H,12H2,1H3. The maximum Gasteiger partial charge on any atom is 0.0998 e. The highest BCUT2D eigenvalue weighted by Gasteiger charge is 2.12. The van der Waals surface area contributed by atoms with Crippen molar-refractivity contribution < 1.29 is 0 Å². The quantitative estimate of drug-likeness (QED) is 0.882. The summed E-state index contributed by atoms with van der Waals surface area (Å²) in [5, 5.41) is 12.6. The molecule has 2 nitrogen and oxygen atoms in total. The fourth-order valence-electron chi connectivity index (χ4n) is 2.13. The summed E-state index contributed by atoms with van der Waals surface area (Å²) in [5.41, 5.74) is 2.39. The summed E-state index contributed by atoms with van der Waals surface area (Å²) >= 11 is 0. The van der Waals surface area contributed by atoms with Crippen LogP contribution in [0.15, 0.2) is 60.7 Å². The van der Waals surface area contributed by atoms with Crippen LogP contribution in [0.4, 0.5) is 0 Å². The maximum absolute atomic E-state index is 9.27. The first-order valence-corrected chi connectivity index (χ1v) is 6.54. The van der Waals surface area contributed by atoms with E-state index in [-0.39, 0.29) is 12.1 Å². The van der Waals surface area contributed by atoms with Gasteiger partial charge >= 0.3 is 0 Å². The van der Waals surface area contributed by atoms with E-state index in [2.05, 4.69) is 42.6 Å². The van der Waals surface area contributed by atoms with Crippen molar-refractivity contribution in [2.45, 2.75) is 25.4 Å². The summed E-state index contributed by atoms with van der Waals surface area (Å²) in [5.74, 6) is 0. The zero-order chi connectivity index (χ0) is 13.5. The molecule has 2 heteroatoms. The number of nitrogens with one attached hydrogen (secondary N) is 1. The molecule has 96 valence electrons. The molecular weight excluding hydrogens is 232 g/mol. The van der Waals surface area contributed by atoms with Gasteiger partial charge < -0.3 is 0 Å². The highest BCUT2D eigenvalue weighted by Crippen LogP contribution is 2.13. The second-order valence-electron chi connectivity index (χ2n) is 4.67. The SMILES string of the molecule is CC(NC(C#N)Cc1ccccc1)c1ccccc1. The molecule has 0 heterocycles. The Balaban J connectivity index is 1.98. The van der Waals surface area contributed by atoms with Crippen LogP contribution in [0.5, 0.6) is 0 Å². The van der Waals surface area contributed by atoms with Gasteiger partial charge in [0, 0.05) is 12.5 Å². The minimum Gasteiger partial charge on any atom is -0.295 e. The van der Waals surface area contributed by atoms with Gasteiger partial charge in [-0.1, -0.05) is 60.7 Å². The molecule has 0 amide bonds. The number of hydrogen-bond acceptors (Lipinski definition) is 2. The van der Waals surface area contributed by atoms with Gasteiger partial charge in [0.05, 0.1) is 12.1 Å². The second-order valence-corrected chi connectivity index (χ2v) is 4.67. The van der Waals surface area contributed by atoms with Crippen LogP contribution in [0, 0.1) is 11.3 Å². The largest absolute Gasteiger partial charge is 0.295 e. The number of rotatable bonds is 5. The zero-order valence-corrected chi connectivity index (χ0v) is 11.1. The highest BCUT2D eigenvalue weighted by atomic mass is 14.9. The first-order valence-electron chi connectivity index (χ1n) is 6.54. The van der Waals surface area contributed by atoms with E-state index in [1.165, 1.54) is 11.1 Å². The van der Waals surface area contributed by atoms with E-state index >= 15 is 0 Å². The lowest BCUT2D eigenvalue weighted by atomic mass is 10.0. The molecule has 0 radical (unpaired) electrons. The van der Waals surface area contributed by atoms with Gasteiger partial charge in [-0.15, -0.1) is 0 Å². The van der Waals surface area contributed by atoms with Gasteiger partial charge in [0.25, 0.3) is 0 Å². The van der Waals surface area contributed by atoms with Gasteiger partial charge in [-0.3, -0.25) is 5.32 Å². The molecule has 0 aliphatic carbocycles. The molecule has 0 aliphatic heterocycles. The fraction of sp³-hybridized carbons (Fsp3) is 0.235. The van der Waals surface area contributed by atoms with Crippen molar-refractivity contribution in [2.75, 3.05) is 0 Å². The number of nitriles is 1. The van der Waals surface area contributed by atoms with Crippen LogP contribution in [0.1, 0.15) is 24.1 Å². The Bertz CT molecular complexity index is 528. The maximum atomic E-state index is 9.27. The van der Waals surface area contributed by atoms with Crippen LogP contribution < -0.4 is 5.32 Å². The van der Waals surface area contributed by atoms with Crippen molar-refractivity contribution in [3.63, 3.8) is 0 Å². The zero-order valence-electron chi connectivity index (χ0n) is 11.1. The molecule has 2 aromatic carbocycles. The summed E-state index contributed by atoms with van der Waals surface area (Å²) in [6, 6.07) is 22.7. The third kappa shape index (κ3) is 3.94. The highest BCUT2D eigenvalue weighted by molar-refractivity contribution is 5.21. The third-order valence-corrected chi connectivity index (χ3v) is 3.19. The van der Waals surface area contributed by atoms with Crippen molar-refractivity contribution in [3.05, 3.63) is 71.8 Å². The van der Waals surface area contributed by atoms with Crippen molar-refractivity contribution in [1.82, 2.24) is 5.32 Å². The van der Waals surface area contributed by atoms with E-state index < -0.39 is 0 Å². The van der Waals surface area contributed by atoms with Crippen molar-refractivity contribution >= 4 is 0 Å². The molecular formula is C17H18N2. The van der Waals surface area contributed by atoms with E-state index in [4.69, 9.17) is 0 Å². The summed E-state index contributed by atoms with van der Waals surface area (Å²) in [4.78, 5) is 0. The molecule has 0 spiro atoms. The van der Waals surface area contributed by atoms with Gasteiger partial charge in [0.15, 0.2) is 0 Å². The van der Waals surface area contributed by atoms with E-state index in [1.807, 2.05) is 36.4 Å². The molecule has 0 aliphatic rings.